The van der Waals surface area contributed by atoms with Gasteiger partial charge in [-0.1, -0.05) is 0 Å². The van der Waals surface area contributed by atoms with Gasteiger partial charge < -0.3 is 25.2 Å². The molecule has 0 aliphatic carbocycles. The third-order valence-corrected chi connectivity index (χ3v) is 4.29. The molecule has 4 atom stereocenters. The number of aliphatic hydroxyl groups is 4. The standard InChI is InChI=1S/C12H16N6O6/c1-11(21)8(20)6(2-19)24-12(11,22)18-5-17(3-13)7-9(16-23)14-4-15-10(7)18/h4,6,8,19-23H,2,5H2,1H3,(H,14,15,16)/t6-,8-,11-,12-/m1/s1. The summed E-state index contributed by atoms with van der Waals surface area (Å²) in [7, 11) is 0. The summed E-state index contributed by atoms with van der Waals surface area (Å²) >= 11 is 0. The number of anilines is 3. The molecule has 1 saturated heterocycles. The summed E-state index contributed by atoms with van der Waals surface area (Å²) in [4.78, 5) is 9.80. The van der Waals surface area contributed by atoms with Crippen molar-refractivity contribution in [1.29, 1.82) is 5.26 Å². The van der Waals surface area contributed by atoms with Crippen LogP contribution in [-0.4, -0.2) is 72.6 Å². The Balaban J connectivity index is 2.11. The number of hydrogen-bond donors (Lipinski definition) is 6. The van der Waals surface area contributed by atoms with Crippen molar-refractivity contribution in [3.63, 3.8) is 0 Å². The number of fused-ring (bicyclic) bond motifs is 1. The molecular formula is C12H16N6O6. The molecule has 0 saturated carbocycles. The molecule has 0 unspecified atom stereocenters. The van der Waals surface area contributed by atoms with Crippen molar-refractivity contribution in [2.45, 2.75) is 30.6 Å². The molecule has 6 N–H and O–H groups in total. The second-order valence-electron chi connectivity index (χ2n) is 5.64. The molecule has 1 aromatic rings. The Morgan fingerprint density at radius 2 is 2.21 bits per heavy atom. The molecule has 130 valence electrons. The number of nitrogens with zero attached hydrogens (tertiary/aromatic N) is 5. The van der Waals surface area contributed by atoms with Crippen LogP contribution in [0.2, 0.25) is 0 Å². The number of aromatic nitrogens is 2. The minimum Gasteiger partial charge on any atom is -0.394 e. The fourth-order valence-corrected chi connectivity index (χ4v) is 2.92. The number of hydrogen-bond acceptors (Lipinski definition) is 12. The maximum Gasteiger partial charge on any atom is 0.285 e. The van der Waals surface area contributed by atoms with Gasteiger partial charge in [-0.3, -0.25) is 20.5 Å². The molecule has 12 nitrogen and oxygen atoms in total. The summed E-state index contributed by atoms with van der Waals surface area (Å²) in [6.07, 6.45) is 0.0559. The Hall–Kier alpha value is -2.27. The highest BCUT2D eigenvalue weighted by molar-refractivity contribution is 5.84. The van der Waals surface area contributed by atoms with Gasteiger partial charge >= 0.3 is 0 Å². The first-order valence-corrected chi connectivity index (χ1v) is 6.93. The summed E-state index contributed by atoms with van der Waals surface area (Å²) in [5.74, 6) is -2.59. The molecule has 0 radical (unpaired) electrons. The SMILES string of the molecule is C[C@@]1(O)[C@H](O)[C@@H](CO)O[C@@]1(O)N1CN(C#N)c2c(NO)ncnc21. The number of nitriles is 1. The van der Waals surface area contributed by atoms with Gasteiger partial charge in [0.15, 0.2) is 23.4 Å². The summed E-state index contributed by atoms with van der Waals surface area (Å²) in [5, 5.41) is 59.3. The molecule has 2 aliphatic rings. The number of nitrogens with one attached hydrogen (secondary N) is 1. The fourth-order valence-electron chi connectivity index (χ4n) is 2.92. The quantitative estimate of drug-likeness (QED) is 0.252. The smallest absolute Gasteiger partial charge is 0.285 e. The van der Waals surface area contributed by atoms with E-state index in [0.717, 1.165) is 23.1 Å². The van der Waals surface area contributed by atoms with Gasteiger partial charge in [-0.2, -0.15) is 5.26 Å². The summed E-state index contributed by atoms with van der Waals surface area (Å²) in [5.41, 5.74) is -0.335. The van der Waals surface area contributed by atoms with Gasteiger partial charge in [0, 0.05) is 0 Å². The van der Waals surface area contributed by atoms with Gasteiger partial charge in [0.2, 0.25) is 0 Å². The Kier molecular flexibility index (Phi) is 3.72. The van der Waals surface area contributed by atoms with E-state index in [-0.39, 0.29) is 24.0 Å². The van der Waals surface area contributed by atoms with Crippen LogP contribution in [-0.2, 0) is 4.74 Å². The molecule has 12 heteroatoms. The molecular weight excluding hydrogens is 324 g/mol. The summed E-state index contributed by atoms with van der Waals surface area (Å²) in [6.45, 7) is 0.195. The van der Waals surface area contributed by atoms with Gasteiger partial charge in [-0.05, 0) is 6.92 Å². The third kappa shape index (κ3) is 1.94. The lowest BCUT2D eigenvalue weighted by atomic mass is 9.94. The maximum absolute atomic E-state index is 10.9. The van der Waals surface area contributed by atoms with Gasteiger partial charge in [-0.25, -0.2) is 9.97 Å². The number of aliphatic hydroxyl groups excluding tert-OH is 2. The fraction of sp³-hybridized carbons (Fsp3) is 0.583. The highest BCUT2D eigenvalue weighted by Crippen LogP contribution is 2.48. The summed E-state index contributed by atoms with van der Waals surface area (Å²) in [6, 6.07) is 0. The van der Waals surface area contributed by atoms with E-state index in [2.05, 4.69) is 9.97 Å². The highest BCUT2D eigenvalue weighted by Gasteiger charge is 2.67. The Labute approximate surface area is 135 Å². The van der Waals surface area contributed by atoms with Crippen molar-refractivity contribution in [2.75, 3.05) is 28.6 Å². The third-order valence-electron chi connectivity index (χ3n) is 4.29. The average molecular weight is 340 g/mol. The molecule has 0 aromatic carbocycles. The van der Waals surface area contributed by atoms with Crippen molar-refractivity contribution in [3.05, 3.63) is 6.33 Å². The number of ether oxygens (including phenoxy) is 1. The Morgan fingerprint density at radius 3 is 2.75 bits per heavy atom. The minimum absolute atomic E-state index is 0.0170. The van der Waals surface area contributed by atoms with Crippen LogP contribution >= 0.6 is 0 Å². The van der Waals surface area contributed by atoms with E-state index < -0.39 is 30.3 Å². The zero-order chi connectivity index (χ0) is 17.7. The van der Waals surface area contributed by atoms with Crippen LogP contribution in [0.15, 0.2) is 6.33 Å². The van der Waals surface area contributed by atoms with Gasteiger partial charge in [0.05, 0.1) is 6.61 Å². The van der Waals surface area contributed by atoms with Gasteiger partial charge in [0.25, 0.3) is 5.91 Å². The van der Waals surface area contributed by atoms with E-state index in [1.807, 2.05) is 11.7 Å². The molecule has 2 aliphatic heterocycles. The first kappa shape index (κ1) is 16.6. The summed E-state index contributed by atoms with van der Waals surface area (Å²) < 4.78 is 5.28. The topological polar surface area (TPSA) is 178 Å². The molecule has 3 rings (SSSR count). The van der Waals surface area contributed by atoms with Crippen molar-refractivity contribution < 1.29 is 30.4 Å². The lowest BCUT2D eigenvalue weighted by Crippen LogP contribution is -2.64. The molecule has 0 amide bonds. The van der Waals surface area contributed by atoms with E-state index in [1.54, 1.807) is 0 Å². The van der Waals surface area contributed by atoms with Crippen molar-refractivity contribution in [2.24, 2.45) is 0 Å². The zero-order valence-electron chi connectivity index (χ0n) is 12.5. The highest BCUT2D eigenvalue weighted by atomic mass is 16.7. The van der Waals surface area contributed by atoms with Gasteiger partial charge in [-0.15, -0.1) is 0 Å². The first-order chi connectivity index (χ1) is 11.3. The predicted octanol–water partition coefficient (Wildman–Crippen LogP) is -2.51. The van der Waals surface area contributed by atoms with E-state index >= 15 is 0 Å². The van der Waals surface area contributed by atoms with E-state index in [0.29, 0.717) is 0 Å². The number of rotatable bonds is 3. The molecule has 24 heavy (non-hydrogen) atoms. The lowest BCUT2D eigenvalue weighted by Gasteiger charge is -2.41. The van der Waals surface area contributed by atoms with E-state index in [9.17, 15) is 25.7 Å². The second-order valence-corrected chi connectivity index (χ2v) is 5.64. The van der Waals surface area contributed by atoms with Crippen molar-refractivity contribution in [3.8, 4) is 6.19 Å². The monoisotopic (exact) mass is 340 g/mol. The van der Waals surface area contributed by atoms with Crippen LogP contribution in [0.3, 0.4) is 0 Å². The Morgan fingerprint density at radius 1 is 1.50 bits per heavy atom. The molecule has 1 fully saturated rings. The maximum atomic E-state index is 10.9. The molecule has 0 spiro atoms. The molecule has 0 bridgehead atoms. The van der Waals surface area contributed by atoms with Crippen LogP contribution < -0.4 is 15.3 Å². The van der Waals surface area contributed by atoms with Gasteiger partial charge in [0.1, 0.15) is 30.9 Å². The predicted molar refractivity (Wildman–Crippen MR) is 76.4 cm³/mol. The molecule has 1 aromatic heterocycles. The van der Waals surface area contributed by atoms with E-state index in [4.69, 9.17) is 9.94 Å². The first-order valence-electron chi connectivity index (χ1n) is 6.93. The largest absolute Gasteiger partial charge is 0.394 e. The van der Waals surface area contributed by atoms with E-state index in [1.165, 1.54) is 0 Å². The lowest BCUT2D eigenvalue weighted by molar-refractivity contribution is -0.262. The van der Waals surface area contributed by atoms with Crippen molar-refractivity contribution >= 4 is 17.3 Å². The van der Waals surface area contributed by atoms with Crippen LogP contribution in [0.1, 0.15) is 6.92 Å². The van der Waals surface area contributed by atoms with Crippen LogP contribution in [0.25, 0.3) is 0 Å². The van der Waals surface area contributed by atoms with Crippen LogP contribution in [0.5, 0.6) is 0 Å². The zero-order valence-corrected chi connectivity index (χ0v) is 12.5. The normalized spacial score (nSPS) is 35.0. The van der Waals surface area contributed by atoms with Crippen LogP contribution in [0.4, 0.5) is 17.3 Å². The Bertz CT molecular complexity index is 695. The van der Waals surface area contributed by atoms with Crippen molar-refractivity contribution in [1.82, 2.24) is 9.97 Å². The second kappa shape index (κ2) is 5.38. The minimum atomic E-state index is -2.48. The molecule has 3 heterocycles. The van der Waals surface area contributed by atoms with Crippen LogP contribution in [0, 0.1) is 11.5 Å². The average Bonchev–Trinajstić information content (AvgIpc) is 3.04.